The number of carbonyl (C=O) groups excluding carboxylic acids is 1. The van der Waals surface area contributed by atoms with Gasteiger partial charge in [-0.15, -0.1) is 13.2 Å². The summed E-state index contributed by atoms with van der Waals surface area (Å²) in [6.45, 7) is -0.177. The van der Waals surface area contributed by atoms with E-state index in [4.69, 9.17) is 4.74 Å². The summed E-state index contributed by atoms with van der Waals surface area (Å²) in [7, 11) is 1.42. The Morgan fingerprint density at radius 3 is 2.33 bits per heavy atom. The number of esters is 1. The van der Waals surface area contributed by atoms with Crippen molar-refractivity contribution in [3.63, 3.8) is 0 Å². The van der Waals surface area contributed by atoms with Gasteiger partial charge in [-0.3, -0.25) is 4.79 Å². The van der Waals surface area contributed by atoms with Crippen LogP contribution in [0.4, 0.5) is 13.2 Å². The number of rotatable bonds is 4. The van der Waals surface area contributed by atoms with Crippen LogP contribution in [-0.4, -0.2) is 22.1 Å². The molecule has 0 saturated carbocycles. The molecular formula is C18H13F3N2O4. The van der Waals surface area contributed by atoms with Crippen LogP contribution in [0.1, 0.15) is 16.1 Å². The lowest BCUT2D eigenvalue weighted by atomic mass is 10.1. The van der Waals surface area contributed by atoms with Crippen LogP contribution < -0.4 is 10.3 Å². The third kappa shape index (κ3) is 4.25. The highest BCUT2D eigenvalue weighted by Gasteiger charge is 2.31. The van der Waals surface area contributed by atoms with E-state index in [-0.39, 0.29) is 23.6 Å². The highest BCUT2D eigenvalue weighted by Crippen LogP contribution is 2.23. The minimum atomic E-state index is -4.77. The number of fused-ring (bicyclic) bond motifs is 1. The molecule has 0 aliphatic heterocycles. The first-order valence-corrected chi connectivity index (χ1v) is 7.72. The molecule has 0 amide bonds. The summed E-state index contributed by atoms with van der Waals surface area (Å²) in [5.41, 5.74) is 0.0964. The summed E-state index contributed by atoms with van der Waals surface area (Å²) in [6, 6.07) is 11.4. The topological polar surface area (TPSA) is 70.4 Å². The molecule has 27 heavy (non-hydrogen) atoms. The zero-order chi connectivity index (χ0) is 19.6. The molecule has 6 nitrogen and oxygen atoms in total. The summed E-state index contributed by atoms with van der Waals surface area (Å²) in [5, 5.41) is 4.64. The number of benzene rings is 2. The Labute approximate surface area is 150 Å². The molecule has 2 aromatic carbocycles. The summed E-state index contributed by atoms with van der Waals surface area (Å²) < 4.78 is 46.4. The van der Waals surface area contributed by atoms with Gasteiger partial charge in [0.15, 0.2) is 5.69 Å². The monoisotopic (exact) mass is 378 g/mol. The average molecular weight is 378 g/mol. The molecule has 1 aromatic heterocycles. The van der Waals surface area contributed by atoms with Crippen LogP contribution in [-0.2, 0) is 18.4 Å². The molecule has 0 bridgehead atoms. The van der Waals surface area contributed by atoms with Gasteiger partial charge in [-0.05, 0) is 23.8 Å². The summed E-state index contributed by atoms with van der Waals surface area (Å²) in [5.74, 6) is -1.12. The minimum absolute atomic E-state index is 0.0234. The van der Waals surface area contributed by atoms with Gasteiger partial charge in [-0.2, -0.15) is 5.10 Å². The number of nitrogens with zero attached hydrogens (tertiary/aromatic N) is 2. The molecule has 0 fully saturated rings. The van der Waals surface area contributed by atoms with E-state index in [0.29, 0.717) is 16.3 Å². The molecule has 0 aliphatic carbocycles. The minimum Gasteiger partial charge on any atom is -0.456 e. The SMILES string of the molecule is Cn1nc(C(=O)OCc2ccc(OC(F)(F)F)cc2)c2ccccc2c1=O. The second-order valence-electron chi connectivity index (χ2n) is 5.59. The summed E-state index contributed by atoms with van der Waals surface area (Å²) in [6.07, 6.45) is -4.77. The largest absolute Gasteiger partial charge is 0.573 e. The van der Waals surface area contributed by atoms with Crippen LogP contribution in [0.25, 0.3) is 10.8 Å². The number of aromatic nitrogens is 2. The van der Waals surface area contributed by atoms with E-state index in [1.54, 1.807) is 24.3 Å². The Hall–Kier alpha value is -3.36. The smallest absolute Gasteiger partial charge is 0.456 e. The molecule has 3 rings (SSSR count). The highest BCUT2D eigenvalue weighted by molar-refractivity contribution is 6.02. The second kappa shape index (κ2) is 7.10. The van der Waals surface area contributed by atoms with Gasteiger partial charge in [0.25, 0.3) is 5.56 Å². The van der Waals surface area contributed by atoms with Crippen molar-refractivity contribution in [3.05, 3.63) is 70.1 Å². The molecule has 0 atom stereocenters. The van der Waals surface area contributed by atoms with Crippen molar-refractivity contribution in [1.82, 2.24) is 9.78 Å². The Bertz CT molecular complexity index is 1040. The number of alkyl halides is 3. The number of ether oxygens (including phenoxy) is 2. The first kappa shape index (κ1) is 18.4. The van der Waals surface area contributed by atoms with Gasteiger partial charge in [-0.25, -0.2) is 9.48 Å². The Kier molecular flexibility index (Phi) is 4.85. The molecule has 0 aliphatic rings. The van der Waals surface area contributed by atoms with Gasteiger partial charge in [-0.1, -0.05) is 30.3 Å². The molecule has 3 aromatic rings. The van der Waals surface area contributed by atoms with Crippen LogP contribution in [0, 0.1) is 0 Å². The predicted octanol–water partition coefficient (Wildman–Crippen LogP) is 3.19. The number of hydrogen-bond donors (Lipinski definition) is 0. The zero-order valence-electron chi connectivity index (χ0n) is 14.0. The van der Waals surface area contributed by atoms with Crippen LogP contribution in [0.5, 0.6) is 5.75 Å². The van der Waals surface area contributed by atoms with Crippen molar-refractivity contribution < 1.29 is 27.4 Å². The normalized spacial score (nSPS) is 11.4. The Morgan fingerprint density at radius 1 is 1.07 bits per heavy atom. The predicted molar refractivity (Wildman–Crippen MR) is 89.2 cm³/mol. The second-order valence-corrected chi connectivity index (χ2v) is 5.59. The van der Waals surface area contributed by atoms with E-state index < -0.39 is 12.3 Å². The molecule has 1 heterocycles. The maximum Gasteiger partial charge on any atom is 0.573 e. The zero-order valence-corrected chi connectivity index (χ0v) is 14.0. The van der Waals surface area contributed by atoms with Gasteiger partial charge in [0.2, 0.25) is 0 Å². The third-order valence-corrected chi connectivity index (χ3v) is 3.68. The van der Waals surface area contributed by atoms with Gasteiger partial charge < -0.3 is 9.47 Å². The standard InChI is InChI=1S/C18H13F3N2O4/c1-23-16(24)14-5-3-2-4-13(14)15(22-23)17(25)26-10-11-6-8-12(9-7-11)27-18(19,20)21/h2-9H,10H2,1H3. The van der Waals surface area contributed by atoms with Crippen molar-refractivity contribution in [2.75, 3.05) is 0 Å². The Morgan fingerprint density at radius 2 is 1.70 bits per heavy atom. The number of halogens is 3. The van der Waals surface area contributed by atoms with Gasteiger partial charge in [0.1, 0.15) is 12.4 Å². The highest BCUT2D eigenvalue weighted by atomic mass is 19.4. The van der Waals surface area contributed by atoms with Crippen molar-refractivity contribution in [2.24, 2.45) is 7.05 Å². The number of hydrogen-bond acceptors (Lipinski definition) is 5. The number of aryl methyl sites for hydroxylation is 1. The van der Waals surface area contributed by atoms with Gasteiger partial charge in [0.05, 0.1) is 5.39 Å². The maximum absolute atomic E-state index is 12.4. The summed E-state index contributed by atoms with van der Waals surface area (Å²) in [4.78, 5) is 24.4. The van der Waals surface area contributed by atoms with E-state index in [0.717, 1.165) is 16.8 Å². The molecule has 0 saturated heterocycles. The number of carbonyl (C=O) groups is 1. The first-order chi connectivity index (χ1) is 12.7. The lowest BCUT2D eigenvalue weighted by Gasteiger charge is -2.10. The molecule has 0 N–H and O–H groups in total. The maximum atomic E-state index is 12.4. The van der Waals surface area contributed by atoms with Crippen LogP contribution in [0.15, 0.2) is 53.3 Å². The average Bonchev–Trinajstić information content (AvgIpc) is 2.62. The molecule has 0 spiro atoms. The van der Waals surface area contributed by atoms with Crippen LogP contribution in [0.2, 0.25) is 0 Å². The quantitative estimate of drug-likeness (QED) is 0.652. The van der Waals surface area contributed by atoms with Crippen LogP contribution >= 0.6 is 0 Å². The van der Waals surface area contributed by atoms with Crippen LogP contribution in [0.3, 0.4) is 0 Å². The van der Waals surface area contributed by atoms with Crippen molar-refractivity contribution in [2.45, 2.75) is 13.0 Å². The fourth-order valence-electron chi connectivity index (χ4n) is 2.46. The van der Waals surface area contributed by atoms with Gasteiger partial charge >= 0.3 is 12.3 Å². The molecule has 9 heteroatoms. The van der Waals surface area contributed by atoms with Gasteiger partial charge in [0, 0.05) is 12.4 Å². The fourth-order valence-corrected chi connectivity index (χ4v) is 2.46. The van der Waals surface area contributed by atoms with E-state index in [1.165, 1.54) is 19.2 Å². The molecule has 140 valence electrons. The van der Waals surface area contributed by atoms with Crippen molar-refractivity contribution in [1.29, 1.82) is 0 Å². The fraction of sp³-hybridized carbons (Fsp3) is 0.167. The molecule has 0 unspecified atom stereocenters. The van der Waals surface area contributed by atoms with Crippen molar-refractivity contribution in [3.8, 4) is 5.75 Å². The van der Waals surface area contributed by atoms with E-state index >= 15 is 0 Å². The van der Waals surface area contributed by atoms with E-state index in [2.05, 4.69) is 9.84 Å². The van der Waals surface area contributed by atoms with E-state index in [1.807, 2.05) is 0 Å². The van der Waals surface area contributed by atoms with E-state index in [9.17, 15) is 22.8 Å². The van der Waals surface area contributed by atoms with Crippen molar-refractivity contribution >= 4 is 16.7 Å². The molecular weight excluding hydrogens is 365 g/mol. The summed E-state index contributed by atoms with van der Waals surface area (Å²) >= 11 is 0. The lowest BCUT2D eigenvalue weighted by molar-refractivity contribution is -0.274. The lowest BCUT2D eigenvalue weighted by Crippen LogP contribution is -2.23. The first-order valence-electron chi connectivity index (χ1n) is 7.72. The third-order valence-electron chi connectivity index (χ3n) is 3.68. The Balaban J connectivity index is 1.76. The molecule has 0 radical (unpaired) electrons.